The molecule has 35 heavy (non-hydrogen) atoms. The number of halogens is 1. The highest BCUT2D eigenvalue weighted by molar-refractivity contribution is 7.13. The third kappa shape index (κ3) is 5.18. The molecule has 5 rings (SSSR count). The second-order valence-corrected chi connectivity index (χ2v) is 8.78. The molecule has 3 heterocycles. The molecule has 0 saturated heterocycles. The summed E-state index contributed by atoms with van der Waals surface area (Å²) in [6.45, 7) is 3.48. The fourth-order valence-electron chi connectivity index (χ4n) is 3.53. The van der Waals surface area contributed by atoms with Crippen molar-refractivity contribution in [3.05, 3.63) is 53.3 Å². The molecule has 2 aromatic carbocycles. The lowest BCUT2D eigenvalue weighted by atomic mass is 10.0. The van der Waals surface area contributed by atoms with Crippen molar-refractivity contribution in [2.45, 2.75) is 6.92 Å². The average Bonchev–Trinajstić information content (AvgIpc) is 3.26. The van der Waals surface area contributed by atoms with Gasteiger partial charge in [0.25, 0.3) is 0 Å². The molecule has 1 amide bonds. The van der Waals surface area contributed by atoms with Crippen LogP contribution in [0.15, 0.2) is 47.6 Å². The van der Waals surface area contributed by atoms with Crippen LogP contribution < -0.4 is 20.1 Å². The number of amides is 1. The summed E-state index contributed by atoms with van der Waals surface area (Å²) in [6, 6.07) is 11.6. The van der Waals surface area contributed by atoms with E-state index in [1.165, 1.54) is 18.5 Å². The zero-order valence-electron chi connectivity index (χ0n) is 18.7. The Kier molecular flexibility index (Phi) is 6.73. The smallest absolute Gasteiger partial charge is 0.216 e. The van der Waals surface area contributed by atoms with E-state index in [1.54, 1.807) is 12.4 Å². The van der Waals surface area contributed by atoms with Gasteiger partial charge in [0.1, 0.15) is 24.4 Å². The summed E-state index contributed by atoms with van der Waals surface area (Å²) in [5.74, 6) is 1.93. The molecule has 0 atom stereocenters. The van der Waals surface area contributed by atoms with Crippen LogP contribution in [0.2, 0.25) is 5.02 Å². The first-order valence-electron chi connectivity index (χ1n) is 10.9. The van der Waals surface area contributed by atoms with Gasteiger partial charge in [-0.15, -0.1) is 0 Å². The van der Waals surface area contributed by atoms with E-state index in [1.807, 2.05) is 36.4 Å². The largest absolute Gasteiger partial charge is 0.486 e. The summed E-state index contributed by atoms with van der Waals surface area (Å²) >= 11 is 8.02. The van der Waals surface area contributed by atoms with E-state index in [0.29, 0.717) is 64.6 Å². The van der Waals surface area contributed by atoms with Gasteiger partial charge in [-0.05, 0) is 35.3 Å². The van der Waals surface area contributed by atoms with Gasteiger partial charge in [-0.3, -0.25) is 9.79 Å². The minimum absolute atomic E-state index is 0.0805. The van der Waals surface area contributed by atoms with E-state index in [9.17, 15) is 4.79 Å². The molecule has 0 spiro atoms. The monoisotopic (exact) mass is 508 g/mol. The van der Waals surface area contributed by atoms with E-state index in [0.717, 1.165) is 16.9 Å². The summed E-state index contributed by atoms with van der Waals surface area (Å²) in [6.07, 6.45) is 3.27. The Bertz CT molecular complexity index is 1420. The highest BCUT2D eigenvalue weighted by atomic mass is 35.5. The van der Waals surface area contributed by atoms with Crippen LogP contribution in [0.1, 0.15) is 12.6 Å². The lowest BCUT2D eigenvalue weighted by Crippen LogP contribution is -2.22. The average molecular weight is 509 g/mol. The van der Waals surface area contributed by atoms with Crippen molar-refractivity contribution in [1.29, 1.82) is 0 Å². The number of ether oxygens (including phenoxy) is 2. The van der Waals surface area contributed by atoms with Crippen molar-refractivity contribution in [2.24, 2.45) is 4.99 Å². The van der Waals surface area contributed by atoms with Crippen LogP contribution in [0.5, 0.6) is 11.5 Å². The summed E-state index contributed by atoms with van der Waals surface area (Å²) in [5, 5.41) is 6.54. The Morgan fingerprint density at radius 1 is 1.23 bits per heavy atom. The molecule has 1 aliphatic heterocycles. The second kappa shape index (κ2) is 10.2. The van der Waals surface area contributed by atoms with E-state index in [2.05, 4.69) is 30.0 Å². The standard InChI is InChI=1S/C24H21ClN6O3S/c1-14(32)27-8-7-26-12-16-13-28-22-23(31-35-24(22)29-16)30-18-4-2-3-17(21(18)25)15-5-6-19-20(11-15)34-10-9-33-19/h2-6,11-13H,7-10H2,1H3,(H,27,32)(H,30,31). The molecule has 0 radical (unpaired) electrons. The number of nitrogens with zero attached hydrogens (tertiary/aromatic N) is 4. The summed E-state index contributed by atoms with van der Waals surface area (Å²) in [5.41, 5.74) is 3.75. The molecule has 2 aromatic heterocycles. The van der Waals surface area contributed by atoms with Gasteiger partial charge in [-0.2, -0.15) is 4.37 Å². The summed E-state index contributed by atoms with van der Waals surface area (Å²) < 4.78 is 15.8. The lowest BCUT2D eigenvalue weighted by Gasteiger charge is -2.19. The van der Waals surface area contributed by atoms with Crippen molar-refractivity contribution in [3.8, 4) is 22.6 Å². The van der Waals surface area contributed by atoms with Gasteiger partial charge in [0.05, 0.1) is 23.5 Å². The van der Waals surface area contributed by atoms with Crippen molar-refractivity contribution in [3.63, 3.8) is 0 Å². The quantitative estimate of drug-likeness (QED) is 0.280. The van der Waals surface area contributed by atoms with Crippen LogP contribution in [0.25, 0.3) is 21.5 Å². The van der Waals surface area contributed by atoms with Crippen molar-refractivity contribution in [1.82, 2.24) is 19.7 Å². The zero-order valence-corrected chi connectivity index (χ0v) is 20.3. The molecule has 0 fully saturated rings. The molecule has 1 aliphatic rings. The molecular formula is C24H21ClN6O3S. The van der Waals surface area contributed by atoms with Gasteiger partial charge in [0.15, 0.2) is 22.1 Å². The van der Waals surface area contributed by atoms with Crippen LogP contribution in [0.3, 0.4) is 0 Å². The minimum Gasteiger partial charge on any atom is -0.486 e. The highest BCUT2D eigenvalue weighted by Crippen LogP contribution is 2.40. The number of carbonyl (C=O) groups is 1. The molecule has 9 nitrogen and oxygen atoms in total. The van der Waals surface area contributed by atoms with Crippen molar-refractivity contribution < 1.29 is 14.3 Å². The number of rotatable bonds is 7. The maximum atomic E-state index is 10.9. The minimum atomic E-state index is -0.0805. The van der Waals surface area contributed by atoms with Gasteiger partial charge in [0, 0.05) is 25.2 Å². The predicted octanol–water partition coefficient (Wildman–Crippen LogP) is 4.48. The first-order chi connectivity index (χ1) is 17.1. The van der Waals surface area contributed by atoms with E-state index in [-0.39, 0.29) is 5.91 Å². The van der Waals surface area contributed by atoms with Gasteiger partial charge < -0.3 is 20.1 Å². The number of nitrogens with one attached hydrogen (secondary N) is 2. The second-order valence-electron chi connectivity index (χ2n) is 7.65. The number of fused-ring (bicyclic) bond motifs is 2. The maximum absolute atomic E-state index is 10.9. The van der Waals surface area contributed by atoms with Crippen LogP contribution in [0.4, 0.5) is 11.5 Å². The Hall–Kier alpha value is -3.76. The van der Waals surface area contributed by atoms with Crippen molar-refractivity contribution in [2.75, 3.05) is 31.6 Å². The first kappa shape index (κ1) is 23.0. The molecular weight excluding hydrogens is 488 g/mol. The highest BCUT2D eigenvalue weighted by Gasteiger charge is 2.16. The van der Waals surface area contributed by atoms with Crippen LogP contribution in [0, 0.1) is 0 Å². The Morgan fingerprint density at radius 2 is 2.09 bits per heavy atom. The number of hydrogen-bond acceptors (Lipinski definition) is 9. The molecule has 11 heteroatoms. The van der Waals surface area contributed by atoms with Gasteiger partial charge in [0.2, 0.25) is 5.91 Å². The summed E-state index contributed by atoms with van der Waals surface area (Å²) in [7, 11) is 0. The number of aromatic nitrogens is 3. The van der Waals surface area contributed by atoms with Crippen LogP contribution in [-0.4, -0.2) is 52.8 Å². The fraction of sp³-hybridized carbons (Fsp3) is 0.208. The molecule has 0 bridgehead atoms. The number of benzene rings is 2. The van der Waals surface area contributed by atoms with Gasteiger partial charge in [-0.1, -0.05) is 29.8 Å². The summed E-state index contributed by atoms with van der Waals surface area (Å²) in [4.78, 5) is 24.9. The van der Waals surface area contributed by atoms with Gasteiger partial charge >= 0.3 is 0 Å². The molecule has 178 valence electrons. The molecule has 4 aromatic rings. The normalized spacial score (nSPS) is 12.7. The van der Waals surface area contributed by atoms with E-state index in [4.69, 9.17) is 21.1 Å². The van der Waals surface area contributed by atoms with Crippen LogP contribution in [-0.2, 0) is 4.79 Å². The SMILES string of the molecule is CC(=O)NCCN=Cc1cnc2c(Nc3cccc(-c4ccc5c(c4)OCCO5)c3Cl)nsc2n1. The predicted molar refractivity (Wildman–Crippen MR) is 138 cm³/mol. The Morgan fingerprint density at radius 3 is 2.94 bits per heavy atom. The van der Waals surface area contributed by atoms with Gasteiger partial charge in [-0.25, -0.2) is 9.97 Å². The zero-order chi connectivity index (χ0) is 24.2. The molecule has 0 aliphatic carbocycles. The number of aliphatic imine (C=N–C) groups is 1. The Balaban J connectivity index is 1.35. The number of carbonyl (C=O) groups excluding carboxylic acids is 1. The first-order valence-corrected chi connectivity index (χ1v) is 12.1. The topological polar surface area (TPSA) is 111 Å². The number of hydrogen-bond donors (Lipinski definition) is 2. The maximum Gasteiger partial charge on any atom is 0.216 e. The third-order valence-electron chi connectivity index (χ3n) is 5.15. The Labute approximate surface area is 210 Å². The fourth-order valence-corrected chi connectivity index (χ4v) is 4.51. The lowest BCUT2D eigenvalue weighted by molar-refractivity contribution is -0.118. The van der Waals surface area contributed by atoms with Crippen LogP contribution >= 0.6 is 23.1 Å². The third-order valence-corrected chi connectivity index (χ3v) is 6.29. The van der Waals surface area contributed by atoms with E-state index < -0.39 is 0 Å². The molecule has 2 N–H and O–H groups in total. The number of anilines is 2. The van der Waals surface area contributed by atoms with Crippen molar-refractivity contribution >= 4 is 57.1 Å². The molecule has 0 saturated carbocycles. The van der Waals surface area contributed by atoms with E-state index >= 15 is 0 Å². The molecule has 0 unspecified atom stereocenters.